The van der Waals surface area contributed by atoms with Crippen molar-refractivity contribution >= 4 is 17.1 Å². The zero-order valence-electron chi connectivity index (χ0n) is 8.88. The summed E-state index contributed by atoms with van der Waals surface area (Å²) in [4.78, 5) is 14.2. The molecule has 1 aromatic carbocycles. The van der Waals surface area contributed by atoms with E-state index in [1.807, 2.05) is 0 Å². The molecule has 1 aromatic heterocycles. The molecule has 0 bridgehead atoms. The van der Waals surface area contributed by atoms with Gasteiger partial charge in [0.1, 0.15) is 5.75 Å². The Labute approximate surface area is 96.0 Å². The number of carbonyl (C=O) groups is 1. The third kappa shape index (κ3) is 2.20. The van der Waals surface area contributed by atoms with Gasteiger partial charge in [0.25, 0.3) is 5.88 Å². The Morgan fingerprint density at radius 3 is 2.76 bits per heavy atom. The smallest absolute Gasteiger partial charge is 0.503 e. The fourth-order valence-corrected chi connectivity index (χ4v) is 1.41. The van der Waals surface area contributed by atoms with Crippen LogP contribution in [-0.4, -0.2) is 28.5 Å². The van der Waals surface area contributed by atoms with Crippen LogP contribution >= 0.6 is 0 Å². The second-order valence-corrected chi connectivity index (χ2v) is 3.24. The Bertz CT molecular complexity index is 581. The first-order valence-corrected chi connectivity index (χ1v) is 4.68. The molecule has 0 amide bonds. The minimum absolute atomic E-state index is 0.338. The van der Waals surface area contributed by atoms with Crippen LogP contribution in [0.2, 0.25) is 0 Å². The summed E-state index contributed by atoms with van der Waals surface area (Å²) < 4.78 is 9.36. The highest BCUT2D eigenvalue weighted by Gasteiger charge is 2.11. The number of pyridine rings is 1. The van der Waals surface area contributed by atoms with E-state index in [1.54, 1.807) is 18.2 Å². The van der Waals surface area contributed by atoms with Crippen LogP contribution in [0.4, 0.5) is 4.79 Å². The third-order valence-electron chi connectivity index (χ3n) is 2.15. The highest BCUT2D eigenvalue weighted by Crippen LogP contribution is 2.29. The second kappa shape index (κ2) is 4.17. The summed E-state index contributed by atoms with van der Waals surface area (Å²) in [7, 11) is 1.52. The Hall–Kier alpha value is -2.50. The Balaban J connectivity index is 2.54. The largest absolute Gasteiger partial charge is 0.512 e. The van der Waals surface area contributed by atoms with Crippen LogP contribution in [0.5, 0.6) is 17.4 Å². The van der Waals surface area contributed by atoms with Crippen LogP contribution in [-0.2, 0) is 0 Å². The van der Waals surface area contributed by atoms with E-state index >= 15 is 0 Å². The van der Waals surface area contributed by atoms with Crippen LogP contribution in [0.1, 0.15) is 0 Å². The molecule has 0 aliphatic rings. The highest BCUT2D eigenvalue weighted by molar-refractivity contribution is 5.83. The summed E-state index contributed by atoms with van der Waals surface area (Å²) in [5, 5.41) is 18.6. The second-order valence-electron chi connectivity index (χ2n) is 3.24. The molecule has 0 fully saturated rings. The van der Waals surface area contributed by atoms with Crippen LogP contribution in [0, 0.1) is 0 Å². The average molecular weight is 235 g/mol. The van der Waals surface area contributed by atoms with E-state index < -0.39 is 6.16 Å². The van der Waals surface area contributed by atoms with Crippen LogP contribution in [0.15, 0.2) is 24.3 Å². The number of methoxy groups -OCH3 is 1. The van der Waals surface area contributed by atoms with Gasteiger partial charge < -0.3 is 19.7 Å². The fraction of sp³-hybridized carbons (Fsp3) is 0.0909. The molecule has 17 heavy (non-hydrogen) atoms. The molecule has 2 aromatic rings. The summed E-state index contributed by atoms with van der Waals surface area (Å²) in [6.45, 7) is 0. The Morgan fingerprint density at radius 2 is 2.12 bits per heavy atom. The number of rotatable bonds is 2. The Kier molecular flexibility index (Phi) is 2.70. The van der Waals surface area contributed by atoms with E-state index in [9.17, 15) is 9.90 Å². The SMILES string of the molecule is COc1ccc2nc(OC(=O)O)c(O)cc2c1. The number of ether oxygens (including phenoxy) is 2. The molecule has 0 radical (unpaired) electrons. The zero-order chi connectivity index (χ0) is 12.4. The molecule has 0 saturated carbocycles. The Morgan fingerprint density at radius 1 is 1.35 bits per heavy atom. The summed E-state index contributed by atoms with van der Waals surface area (Å²) >= 11 is 0. The number of fused-ring (bicyclic) bond motifs is 1. The van der Waals surface area contributed by atoms with Crippen LogP contribution in [0.3, 0.4) is 0 Å². The molecule has 2 N–H and O–H groups in total. The number of aromatic nitrogens is 1. The van der Waals surface area contributed by atoms with Gasteiger partial charge in [-0.3, -0.25) is 0 Å². The van der Waals surface area contributed by atoms with E-state index in [1.165, 1.54) is 13.2 Å². The standard InChI is InChI=1S/C11H9NO5/c1-16-7-2-3-8-6(4-7)5-9(13)10(12-8)17-11(14)15/h2-5,13H,1H3,(H,14,15). The first-order chi connectivity index (χ1) is 8.10. The molecular formula is C11H9NO5. The van der Waals surface area contributed by atoms with E-state index in [4.69, 9.17) is 9.84 Å². The maximum atomic E-state index is 10.4. The van der Waals surface area contributed by atoms with Gasteiger partial charge in [-0.05, 0) is 24.3 Å². The van der Waals surface area contributed by atoms with Gasteiger partial charge in [0.2, 0.25) is 0 Å². The van der Waals surface area contributed by atoms with Gasteiger partial charge in [-0.15, -0.1) is 0 Å². The predicted molar refractivity (Wildman–Crippen MR) is 58.6 cm³/mol. The summed E-state index contributed by atoms with van der Waals surface area (Å²) in [6.07, 6.45) is -1.53. The lowest BCUT2D eigenvalue weighted by Gasteiger charge is -2.05. The minimum atomic E-state index is -1.53. The van der Waals surface area contributed by atoms with Gasteiger partial charge >= 0.3 is 6.16 Å². The van der Waals surface area contributed by atoms with Crippen molar-refractivity contribution in [2.45, 2.75) is 0 Å². The van der Waals surface area contributed by atoms with Gasteiger partial charge in [0, 0.05) is 5.39 Å². The molecule has 0 aliphatic heterocycles. The molecule has 0 unspecified atom stereocenters. The van der Waals surface area contributed by atoms with Crippen molar-refractivity contribution in [2.75, 3.05) is 7.11 Å². The van der Waals surface area contributed by atoms with Crippen LogP contribution in [0.25, 0.3) is 10.9 Å². The van der Waals surface area contributed by atoms with Gasteiger partial charge in [-0.25, -0.2) is 9.78 Å². The lowest BCUT2D eigenvalue weighted by Crippen LogP contribution is -2.04. The number of nitrogens with zero attached hydrogens (tertiary/aromatic N) is 1. The average Bonchev–Trinajstić information content (AvgIpc) is 2.29. The predicted octanol–water partition coefficient (Wildman–Crippen LogP) is 2.01. The number of hydrogen-bond acceptors (Lipinski definition) is 5. The van der Waals surface area contributed by atoms with Crippen LogP contribution < -0.4 is 9.47 Å². The van der Waals surface area contributed by atoms with E-state index in [0.717, 1.165) is 0 Å². The molecule has 88 valence electrons. The maximum absolute atomic E-state index is 10.4. The summed E-state index contributed by atoms with van der Waals surface area (Å²) in [5.41, 5.74) is 0.500. The molecule has 0 saturated heterocycles. The molecule has 0 atom stereocenters. The quantitative estimate of drug-likeness (QED) is 0.774. The van der Waals surface area contributed by atoms with E-state index in [0.29, 0.717) is 16.7 Å². The van der Waals surface area contributed by atoms with Gasteiger partial charge in [0.15, 0.2) is 5.75 Å². The minimum Gasteiger partial charge on any atom is -0.503 e. The lowest BCUT2D eigenvalue weighted by molar-refractivity contribution is 0.141. The topological polar surface area (TPSA) is 88.9 Å². The van der Waals surface area contributed by atoms with Crippen molar-refractivity contribution in [3.8, 4) is 17.4 Å². The lowest BCUT2D eigenvalue weighted by atomic mass is 10.2. The summed E-state index contributed by atoms with van der Waals surface area (Å²) in [6, 6.07) is 6.36. The molecule has 2 rings (SSSR count). The molecule has 6 nitrogen and oxygen atoms in total. The normalized spacial score (nSPS) is 10.2. The van der Waals surface area contributed by atoms with Crippen molar-refractivity contribution in [3.05, 3.63) is 24.3 Å². The molecule has 0 aliphatic carbocycles. The number of hydrogen-bond donors (Lipinski definition) is 2. The monoisotopic (exact) mass is 235 g/mol. The first-order valence-electron chi connectivity index (χ1n) is 4.68. The van der Waals surface area contributed by atoms with E-state index in [-0.39, 0.29) is 11.6 Å². The number of aromatic hydroxyl groups is 1. The van der Waals surface area contributed by atoms with Gasteiger partial charge in [-0.1, -0.05) is 0 Å². The molecule has 6 heteroatoms. The van der Waals surface area contributed by atoms with Crippen molar-refractivity contribution < 1.29 is 24.5 Å². The first kappa shape index (κ1) is 11.0. The highest BCUT2D eigenvalue weighted by atomic mass is 16.7. The molecule has 0 spiro atoms. The fourth-order valence-electron chi connectivity index (χ4n) is 1.41. The van der Waals surface area contributed by atoms with Crippen molar-refractivity contribution in [2.24, 2.45) is 0 Å². The van der Waals surface area contributed by atoms with Gasteiger partial charge in [-0.2, -0.15) is 0 Å². The zero-order valence-corrected chi connectivity index (χ0v) is 8.88. The van der Waals surface area contributed by atoms with Gasteiger partial charge in [0.05, 0.1) is 12.6 Å². The molecule has 1 heterocycles. The van der Waals surface area contributed by atoms with Crippen molar-refractivity contribution in [1.29, 1.82) is 0 Å². The van der Waals surface area contributed by atoms with Crippen molar-refractivity contribution in [1.82, 2.24) is 4.98 Å². The summed E-state index contributed by atoms with van der Waals surface area (Å²) in [5.74, 6) is -0.0612. The number of benzene rings is 1. The third-order valence-corrected chi connectivity index (χ3v) is 2.15. The number of carboxylic acid groups (broad SMARTS) is 1. The van der Waals surface area contributed by atoms with Crippen molar-refractivity contribution in [3.63, 3.8) is 0 Å². The maximum Gasteiger partial charge on any atom is 0.512 e. The molecular weight excluding hydrogens is 226 g/mol. The van der Waals surface area contributed by atoms with E-state index in [2.05, 4.69) is 9.72 Å².